The Labute approximate surface area is 137 Å². The summed E-state index contributed by atoms with van der Waals surface area (Å²) in [5, 5.41) is 5.54. The van der Waals surface area contributed by atoms with Crippen molar-refractivity contribution in [2.75, 3.05) is 0 Å². The maximum atomic E-state index is 12.2. The van der Waals surface area contributed by atoms with Gasteiger partial charge in [0.2, 0.25) is 5.91 Å². The van der Waals surface area contributed by atoms with Crippen LogP contribution in [-0.2, 0) is 11.2 Å². The zero-order valence-electron chi connectivity index (χ0n) is 13.3. The zero-order chi connectivity index (χ0) is 16.1. The molecule has 1 N–H and O–H groups in total. The van der Waals surface area contributed by atoms with Gasteiger partial charge in [-0.15, -0.1) is 0 Å². The molecular formula is C21H21NO. The van der Waals surface area contributed by atoms with Crippen LogP contribution in [0.4, 0.5) is 0 Å². The van der Waals surface area contributed by atoms with Crippen LogP contribution in [0, 0.1) is 0 Å². The minimum Gasteiger partial charge on any atom is -0.350 e. The van der Waals surface area contributed by atoms with Crippen LogP contribution < -0.4 is 5.32 Å². The molecule has 116 valence electrons. The Morgan fingerprint density at radius 2 is 1.61 bits per heavy atom. The van der Waals surface area contributed by atoms with E-state index in [9.17, 15) is 4.79 Å². The first-order chi connectivity index (χ1) is 11.2. The predicted molar refractivity (Wildman–Crippen MR) is 95.3 cm³/mol. The summed E-state index contributed by atoms with van der Waals surface area (Å²) in [5.41, 5.74) is 2.36. The van der Waals surface area contributed by atoms with Crippen LogP contribution in [0.5, 0.6) is 0 Å². The Kier molecular flexibility index (Phi) is 4.72. The zero-order valence-corrected chi connectivity index (χ0v) is 13.3. The average Bonchev–Trinajstić information content (AvgIpc) is 2.60. The normalized spacial score (nSPS) is 12.0. The number of benzene rings is 3. The maximum absolute atomic E-state index is 12.2. The molecule has 1 amide bonds. The van der Waals surface area contributed by atoms with Gasteiger partial charge in [-0.3, -0.25) is 4.79 Å². The molecule has 0 unspecified atom stereocenters. The molecule has 0 heterocycles. The molecule has 0 radical (unpaired) electrons. The first-order valence-electron chi connectivity index (χ1n) is 8.05. The molecule has 0 aliphatic carbocycles. The highest BCUT2D eigenvalue weighted by Crippen LogP contribution is 2.20. The first kappa shape index (κ1) is 15.3. The number of aryl methyl sites for hydroxylation is 1. The van der Waals surface area contributed by atoms with Gasteiger partial charge in [0, 0.05) is 6.42 Å². The van der Waals surface area contributed by atoms with Crippen molar-refractivity contribution >= 4 is 16.7 Å². The second-order valence-corrected chi connectivity index (χ2v) is 5.84. The largest absolute Gasteiger partial charge is 0.350 e. The van der Waals surface area contributed by atoms with Crippen LogP contribution in [0.1, 0.15) is 30.5 Å². The quantitative estimate of drug-likeness (QED) is 0.730. The Hall–Kier alpha value is -2.61. The van der Waals surface area contributed by atoms with E-state index in [0.29, 0.717) is 6.42 Å². The highest BCUT2D eigenvalue weighted by Gasteiger charge is 2.10. The Morgan fingerprint density at radius 1 is 0.913 bits per heavy atom. The van der Waals surface area contributed by atoms with Gasteiger partial charge in [0.25, 0.3) is 0 Å². The lowest BCUT2D eigenvalue weighted by Crippen LogP contribution is -2.26. The van der Waals surface area contributed by atoms with E-state index in [2.05, 4.69) is 35.6 Å². The van der Waals surface area contributed by atoms with Crippen molar-refractivity contribution in [3.05, 3.63) is 83.9 Å². The van der Waals surface area contributed by atoms with Crippen LogP contribution in [0.3, 0.4) is 0 Å². The van der Waals surface area contributed by atoms with E-state index in [4.69, 9.17) is 0 Å². The van der Waals surface area contributed by atoms with Crippen LogP contribution in [-0.4, -0.2) is 5.91 Å². The van der Waals surface area contributed by atoms with Gasteiger partial charge in [0.15, 0.2) is 0 Å². The van der Waals surface area contributed by atoms with Gasteiger partial charge >= 0.3 is 0 Å². The fourth-order valence-corrected chi connectivity index (χ4v) is 2.90. The highest BCUT2D eigenvalue weighted by atomic mass is 16.1. The average molecular weight is 303 g/mol. The molecule has 0 aromatic heterocycles. The third-order valence-corrected chi connectivity index (χ3v) is 4.18. The second-order valence-electron chi connectivity index (χ2n) is 5.84. The summed E-state index contributed by atoms with van der Waals surface area (Å²) in [6.45, 7) is 2.02. The first-order valence-corrected chi connectivity index (χ1v) is 8.05. The van der Waals surface area contributed by atoms with Gasteiger partial charge in [-0.2, -0.15) is 0 Å². The van der Waals surface area contributed by atoms with E-state index < -0.39 is 0 Å². The van der Waals surface area contributed by atoms with Crippen molar-refractivity contribution in [2.24, 2.45) is 0 Å². The van der Waals surface area contributed by atoms with Crippen LogP contribution in [0.15, 0.2) is 72.8 Å². The molecule has 2 heteroatoms. The summed E-state index contributed by atoms with van der Waals surface area (Å²) < 4.78 is 0. The SMILES string of the molecule is C[C@H](NC(=O)CCc1cccc2ccccc12)c1ccccc1. The fraction of sp³-hybridized carbons (Fsp3) is 0.190. The van der Waals surface area contributed by atoms with Gasteiger partial charge < -0.3 is 5.32 Å². The minimum absolute atomic E-state index is 0.0382. The molecule has 0 fully saturated rings. The number of hydrogen-bond donors (Lipinski definition) is 1. The van der Waals surface area contributed by atoms with E-state index in [1.165, 1.54) is 16.3 Å². The standard InChI is InChI=1S/C21H21NO/c1-16(17-8-3-2-4-9-17)22-21(23)15-14-19-12-7-11-18-10-5-6-13-20(18)19/h2-13,16H,14-15H2,1H3,(H,22,23)/t16-/m0/s1. The number of carbonyl (C=O) groups excluding carboxylic acids is 1. The molecule has 0 spiro atoms. The molecule has 2 nitrogen and oxygen atoms in total. The number of rotatable bonds is 5. The van der Waals surface area contributed by atoms with Crippen molar-refractivity contribution in [1.82, 2.24) is 5.32 Å². The van der Waals surface area contributed by atoms with Crippen molar-refractivity contribution in [3.63, 3.8) is 0 Å². The Balaban J connectivity index is 1.62. The van der Waals surface area contributed by atoms with E-state index in [-0.39, 0.29) is 11.9 Å². The Bertz CT molecular complexity index is 790. The molecule has 3 aromatic carbocycles. The van der Waals surface area contributed by atoms with Crippen LogP contribution >= 0.6 is 0 Å². The summed E-state index contributed by atoms with van der Waals surface area (Å²) >= 11 is 0. The summed E-state index contributed by atoms with van der Waals surface area (Å²) in [6, 6.07) is 24.7. The molecular weight excluding hydrogens is 282 g/mol. The monoisotopic (exact) mass is 303 g/mol. The molecule has 1 atom stereocenters. The topological polar surface area (TPSA) is 29.1 Å². The number of carbonyl (C=O) groups is 1. The second kappa shape index (κ2) is 7.10. The molecule has 3 rings (SSSR count). The van der Waals surface area contributed by atoms with Crippen LogP contribution in [0.25, 0.3) is 10.8 Å². The number of fused-ring (bicyclic) bond motifs is 1. The van der Waals surface area contributed by atoms with Crippen molar-refractivity contribution < 1.29 is 4.79 Å². The van der Waals surface area contributed by atoms with Gasteiger partial charge in [0.05, 0.1) is 6.04 Å². The third-order valence-electron chi connectivity index (χ3n) is 4.18. The molecule has 0 aliphatic rings. The van der Waals surface area contributed by atoms with Gasteiger partial charge in [-0.05, 0) is 35.2 Å². The summed E-state index contributed by atoms with van der Waals surface area (Å²) in [4.78, 5) is 12.2. The fourth-order valence-electron chi connectivity index (χ4n) is 2.90. The number of nitrogens with one attached hydrogen (secondary N) is 1. The van der Waals surface area contributed by atoms with Crippen molar-refractivity contribution in [2.45, 2.75) is 25.8 Å². The lowest BCUT2D eigenvalue weighted by atomic mass is 10.0. The van der Waals surface area contributed by atoms with E-state index in [1.54, 1.807) is 0 Å². The Morgan fingerprint density at radius 3 is 2.43 bits per heavy atom. The van der Waals surface area contributed by atoms with Gasteiger partial charge in [-0.25, -0.2) is 0 Å². The van der Waals surface area contributed by atoms with Gasteiger partial charge in [-0.1, -0.05) is 72.8 Å². The predicted octanol–water partition coefficient (Wildman–Crippen LogP) is 4.65. The van der Waals surface area contributed by atoms with E-state index in [1.807, 2.05) is 49.4 Å². The smallest absolute Gasteiger partial charge is 0.220 e. The maximum Gasteiger partial charge on any atom is 0.220 e. The number of hydrogen-bond acceptors (Lipinski definition) is 1. The third kappa shape index (κ3) is 3.78. The van der Waals surface area contributed by atoms with Crippen molar-refractivity contribution in [3.8, 4) is 0 Å². The molecule has 0 aliphatic heterocycles. The van der Waals surface area contributed by atoms with Crippen LogP contribution in [0.2, 0.25) is 0 Å². The number of amides is 1. The summed E-state index contributed by atoms with van der Waals surface area (Å²) in [6.07, 6.45) is 1.26. The lowest BCUT2D eigenvalue weighted by molar-refractivity contribution is -0.121. The molecule has 3 aromatic rings. The summed E-state index contributed by atoms with van der Waals surface area (Å²) in [5.74, 6) is 0.0919. The van der Waals surface area contributed by atoms with E-state index >= 15 is 0 Å². The highest BCUT2D eigenvalue weighted by molar-refractivity contribution is 5.86. The molecule has 0 saturated heterocycles. The van der Waals surface area contributed by atoms with Crippen molar-refractivity contribution in [1.29, 1.82) is 0 Å². The molecule has 0 bridgehead atoms. The lowest BCUT2D eigenvalue weighted by Gasteiger charge is -2.14. The molecule has 0 saturated carbocycles. The molecule has 23 heavy (non-hydrogen) atoms. The van der Waals surface area contributed by atoms with Gasteiger partial charge in [0.1, 0.15) is 0 Å². The minimum atomic E-state index is 0.0382. The van der Waals surface area contributed by atoms with E-state index in [0.717, 1.165) is 12.0 Å². The summed E-state index contributed by atoms with van der Waals surface area (Å²) in [7, 11) is 0.